The molecule has 1 aliphatic rings. The van der Waals surface area contributed by atoms with Gasteiger partial charge in [0.1, 0.15) is 18.4 Å². The molecule has 1 unspecified atom stereocenters. The van der Waals surface area contributed by atoms with Crippen molar-refractivity contribution in [1.82, 2.24) is 5.32 Å². The third-order valence-corrected chi connectivity index (χ3v) is 3.16. The number of hydrogen-bond acceptors (Lipinski definition) is 3. The van der Waals surface area contributed by atoms with Crippen LogP contribution in [0.15, 0.2) is 22.7 Å². The Kier molecular flexibility index (Phi) is 3.81. The molecule has 4 heteroatoms. The van der Waals surface area contributed by atoms with Crippen LogP contribution in [0.4, 0.5) is 0 Å². The van der Waals surface area contributed by atoms with E-state index in [2.05, 4.69) is 27.3 Å². The summed E-state index contributed by atoms with van der Waals surface area (Å²) >= 11 is 3.34. The lowest BCUT2D eigenvalue weighted by atomic mass is 10.2. The van der Waals surface area contributed by atoms with Crippen molar-refractivity contribution in [2.24, 2.45) is 0 Å². The van der Waals surface area contributed by atoms with Crippen LogP contribution in [0.5, 0.6) is 5.75 Å². The van der Waals surface area contributed by atoms with Crippen molar-refractivity contribution in [3.05, 3.63) is 28.2 Å². The van der Waals surface area contributed by atoms with Gasteiger partial charge < -0.3 is 10.1 Å². The molecule has 84 valence electrons. The van der Waals surface area contributed by atoms with E-state index in [9.17, 15) is 0 Å². The number of nitriles is 1. The van der Waals surface area contributed by atoms with E-state index >= 15 is 0 Å². The summed E-state index contributed by atoms with van der Waals surface area (Å²) in [7, 11) is 0. The van der Waals surface area contributed by atoms with Gasteiger partial charge in [0.15, 0.2) is 0 Å². The van der Waals surface area contributed by atoms with E-state index in [0.717, 1.165) is 17.4 Å². The molecule has 0 bridgehead atoms. The van der Waals surface area contributed by atoms with Gasteiger partial charge in [0.2, 0.25) is 0 Å². The lowest BCUT2D eigenvalue weighted by molar-refractivity contribution is 0.276. The molecule has 0 spiro atoms. The van der Waals surface area contributed by atoms with Gasteiger partial charge in [0.05, 0.1) is 5.56 Å². The van der Waals surface area contributed by atoms with Crippen molar-refractivity contribution in [3.8, 4) is 11.8 Å². The van der Waals surface area contributed by atoms with Crippen molar-refractivity contribution in [3.63, 3.8) is 0 Å². The third kappa shape index (κ3) is 2.75. The zero-order chi connectivity index (χ0) is 11.4. The second-order valence-electron chi connectivity index (χ2n) is 3.86. The fourth-order valence-corrected chi connectivity index (χ4v) is 2.17. The monoisotopic (exact) mass is 280 g/mol. The van der Waals surface area contributed by atoms with Gasteiger partial charge in [0, 0.05) is 10.5 Å². The predicted molar refractivity (Wildman–Crippen MR) is 65.4 cm³/mol. The Hall–Kier alpha value is -1.05. The highest BCUT2D eigenvalue weighted by Crippen LogP contribution is 2.22. The molecule has 1 heterocycles. The lowest BCUT2D eigenvalue weighted by Crippen LogP contribution is -2.28. The summed E-state index contributed by atoms with van der Waals surface area (Å²) in [4.78, 5) is 0. The maximum absolute atomic E-state index is 8.97. The molecule has 1 saturated heterocycles. The molecule has 0 saturated carbocycles. The number of benzene rings is 1. The van der Waals surface area contributed by atoms with Crippen LogP contribution in [0, 0.1) is 11.3 Å². The van der Waals surface area contributed by atoms with Gasteiger partial charge in [0.25, 0.3) is 0 Å². The highest BCUT2D eigenvalue weighted by atomic mass is 79.9. The van der Waals surface area contributed by atoms with Gasteiger partial charge in [-0.25, -0.2) is 0 Å². The quantitative estimate of drug-likeness (QED) is 0.925. The summed E-state index contributed by atoms with van der Waals surface area (Å²) in [5.41, 5.74) is 0.576. The molecule has 1 N–H and O–H groups in total. The fourth-order valence-electron chi connectivity index (χ4n) is 1.80. The topological polar surface area (TPSA) is 45.0 Å². The summed E-state index contributed by atoms with van der Waals surface area (Å²) in [5.74, 6) is 0.666. The Morgan fingerprint density at radius 2 is 2.44 bits per heavy atom. The molecule has 0 aliphatic carbocycles. The van der Waals surface area contributed by atoms with E-state index < -0.39 is 0 Å². The van der Waals surface area contributed by atoms with Gasteiger partial charge in [-0.1, -0.05) is 15.9 Å². The predicted octanol–water partition coefficient (Wildman–Crippen LogP) is 2.45. The normalized spacial score (nSPS) is 19.4. The molecule has 1 aromatic carbocycles. The van der Waals surface area contributed by atoms with E-state index in [1.54, 1.807) is 6.07 Å². The Morgan fingerprint density at radius 3 is 3.12 bits per heavy atom. The van der Waals surface area contributed by atoms with Crippen molar-refractivity contribution in [1.29, 1.82) is 5.26 Å². The van der Waals surface area contributed by atoms with Crippen molar-refractivity contribution < 1.29 is 4.74 Å². The number of halogens is 1. The summed E-state index contributed by atoms with van der Waals surface area (Å²) < 4.78 is 6.56. The summed E-state index contributed by atoms with van der Waals surface area (Å²) in [6.45, 7) is 1.70. The molecule has 0 aromatic heterocycles. The Bertz CT molecular complexity index is 408. The van der Waals surface area contributed by atoms with Gasteiger partial charge in [-0.15, -0.1) is 0 Å². The molecule has 16 heavy (non-hydrogen) atoms. The van der Waals surface area contributed by atoms with Crippen LogP contribution < -0.4 is 10.1 Å². The second kappa shape index (κ2) is 5.33. The largest absolute Gasteiger partial charge is 0.491 e. The zero-order valence-corrected chi connectivity index (χ0v) is 10.5. The Balaban J connectivity index is 2.00. The molecule has 2 rings (SSSR count). The first-order chi connectivity index (χ1) is 7.79. The van der Waals surface area contributed by atoms with Crippen molar-refractivity contribution in [2.75, 3.05) is 13.2 Å². The van der Waals surface area contributed by atoms with Crippen molar-refractivity contribution in [2.45, 2.75) is 18.9 Å². The number of nitrogens with zero attached hydrogens (tertiary/aromatic N) is 1. The number of ether oxygens (including phenoxy) is 1. The molecule has 0 amide bonds. The smallest absolute Gasteiger partial charge is 0.137 e. The van der Waals surface area contributed by atoms with Crippen LogP contribution in [0.2, 0.25) is 0 Å². The maximum Gasteiger partial charge on any atom is 0.137 e. The third-order valence-electron chi connectivity index (χ3n) is 2.66. The fraction of sp³-hybridized carbons (Fsp3) is 0.417. The molecule has 1 fully saturated rings. The average Bonchev–Trinajstić information content (AvgIpc) is 2.80. The average molecular weight is 281 g/mol. The first-order valence-electron chi connectivity index (χ1n) is 5.35. The molecule has 1 aliphatic heterocycles. The molecule has 1 atom stereocenters. The van der Waals surface area contributed by atoms with Gasteiger partial charge in [-0.2, -0.15) is 5.26 Å². The molecular formula is C12H13BrN2O. The van der Waals surface area contributed by atoms with Gasteiger partial charge in [-0.3, -0.25) is 0 Å². The van der Waals surface area contributed by atoms with E-state index in [4.69, 9.17) is 10.00 Å². The SMILES string of the molecule is N#Cc1cc(Br)ccc1OCC1CCCN1. The molecular weight excluding hydrogens is 268 g/mol. The van der Waals surface area contributed by atoms with Crippen LogP contribution in [0.1, 0.15) is 18.4 Å². The highest BCUT2D eigenvalue weighted by Gasteiger charge is 2.15. The maximum atomic E-state index is 8.97. The number of rotatable bonds is 3. The highest BCUT2D eigenvalue weighted by molar-refractivity contribution is 9.10. The van der Waals surface area contributed by atoms with E-state index in [-0.39, 0.29) is 0 Å². The molecule has 1 aromatic rings. The Morgan fingerprint density at radius 1 is 1.56 bits per heavy atom. The van der Waals surface area contributed by atoms with E-state index in [0.29, 0.717) is 24.0 Å². The van der Waals surface area contributed by atoms with Gasteiger partial charge in [-0.05, 0) is 37.6 Å². The summed E-state index contributed by atoms with van der Waals surface area (Å²) in [6.07, 6.45) is 2.36. The zero-order valence-electron chi connectivity index (χ0n) is 8.87. The first kappa shape index (κ1) is 11.4. The Labute approximate surface area is 104 Å². The minimum Gasteiger partial charge on any atom is -0.491 e. The first-order valence-corrected chi connectivity index (χ1v) is 6.15. The summed E-state index contributed by atoms with van der Waals surface area (Å²) in [6, 6.07) is 8.06. The lowest BCUT2D eigenvalue weighted by Gasteiger charge is -2.13. The van der Waals surface area contributed by atoms with Crippen LogP contribution in [-0.4, -0.2) is 19.2 Å². The number of hydrogen-bond donors (Lipinski definition) is 1. The van der Waals surface area contributed by atoms with Gasteiger partial charge >= 0.3 is 0 Å². The standard InChI is InChI=1S/C12H13BrN2O/c13-10-3-4-12(9(6-10)7-14)16-8-11-2-1-5-15-11/h3-4,6,11,15H,1-2,5,8H2. The second-order valence-corrected chi connectivity index (χ2v) is 4.77. The number of nitrogens with one attached hydrogen (secondary N) is 1. The van der Waals surface area contributed by atoms with E-state index in [1.807, 2.05) is 12.1 Å². The minimum absolute atomic E-state index is 0.426. The van der Waals surface area contributed by atoms with Crippen LogP contribution in [0.3, 0.4) is 0 Å². The van der Waals surface area contributed by atoms with Crippen LogP contribution in [-0.2, 0) is 0 Å². The van der Waals surface area contributed by atoms with Crippen LogP contribution in [0.25, 0.3) is 0 Å². The van der Waals surface area contributed by atoms with E-state index in [1.165, 1.54) is 6.42 Å². The summed E-state index contributed by atoms with van der Waals surface area (Å²) in [5, 5.41) is 12.3. The minimum atomic E-state index is 0.426. The van der Waals surface area contributed by atoms with Crippen LogP contribution >= 0.6 is 15.9 Å². The molecule has 0 radical (unpaired) electrons. The van der Waals surface area contributed by atoms with Crippen molar-refractivity contribution >= 4 is 15.9 Å². The molecule has 3 nitrogen and oxygen atoms in total.